The van der Waals surface area contributed by atoms with Gasteiger partial charge in [-0.2, -0.15) is 11.8 Å². The molecule has 1 N–H and O–H groups in total. The molecule has 0 radical (unpaired) electrons. The van der Waals surface area contributed by atoms with E-state index in [1.165, 1.54) is 30.7 Å². The van der Waals surface area contributed by atoms with Crippen molar-refractivity contribution in [2.24, 2.45) is 0 Å². The topological polar surface area (TPSA) is 37.8 Å². The molecule has 1 aliphatic rings. The van der Waals surface area contributed by atoms with Gasteiger partial charge in [0, 0.05) is 7.05 Å². The molecule has 0 aliphatic carbocycles. The highest BCUT2D eigenvalue weighted by molar-refractivity contribution is 14.1. The molecular formula is C13H20IN3S. The number of hydrogen-bond acceptors (Lipinski definition) is 4. The minimum Gasteiger partial charge on any atom is -0.372 e. The van der Waals surface area contributed by atoms with Crippen molar-refractivity contribution in [2.75, 3.05) is 18.1 Å². The zero-order chi connectivity index (χ0) is 13.1. The van der Waals surface area contributed by atoms with Crippen molar-refractivity contribution in [3.05, 3.63) is 15.1 Å². The third kappa shape index (κ3) is 3.10. The summed E-state index contributed by atoms with van der Waals surface area (Å²) in [5, 5.41) is 3.69. The molecule has 1 aliphatic heterocycles. The number of anilines is 1. The van der Waals surface area contributed by atoms with Gasteiger partial charge in [-0.25, -0.2) is 9.97 Å². The van der Waals surface area contributed by atoms with E-state index in [1.807, 2.05) is 18.8 Å². The molecule has 0 bridgehead atoms. The van der Waals surface area contributed by atoms with Crippen molar-refractivity contribution in [2.45, 2.75) is 44.3 Å². The molecule has 100 valence electrons. The molecule has 1 aromatic rings. The summed E-state index contributed by atoms with van der Waals surface area (Å²) in [4.78, 5) is 9.53. The first kappa shape index (κ1) is 14.4. The van der Waals surface area contributed by atoms with Gasteiger partial charge < -0.3 is 5.32 Å². The summed E-state index contributed by atoms with van der Waals surface area (Å²) >= 11 is 4.36. The standard InChI is InChI=1S/C13H20IN3S/c1-8(2)11-10(14)13(15-3)17-12(16-11)9-6-4-5-7-18-9/h8-9H,4-7H2,1-3H3,(H,15,16,17). The highest BCUT2D eigenvalue weighted by atomic mass is 127. The molecule has 1 saturated heterocycles. The van der Waals surface area contributed by atoms with Gasteiger partial charge in [-0.05, 0) is 47.1 Å². The van der Waals surface area contributed by atoms with Crippen LogP contribution in [0.15, 0.2) is 0 Å². The molecular weight excluding hydrogens is 357 g/mol. The fourth-order valence-corrected chi connectivity index (χ4v) is 4.50. The molecule has 5 heteroatoms. The summed E-state index contributed by atoms with van der Waals surface area (Å²) in [5.41, 5.74) is 1.18. The smallest absolute Gasteiger partial charge is 0.144 e. The summed E-state index contributed by atoms with van der Waals surface area (Å²) in [7, 11) is 1.94. The van der Waals surface area contributed by atoms with E-state index >= 15 is 0 Å². The number of hydrogen-bond donors (Lipinski definition) is 1. The van der Waals surface area contributed by atoms with Crippen molar-refractivity contribution < 1.29 is 0 Å². The van der Waals surface area contributed by atoms with Gasteiger partial charge in [0.25, 0.3) is 0 Å². The van der Waals surface area contributed by atoms with Crippen LogP contribution in [-0.4, -0.2) is 22.8 Å². The molecule has 0 saturated carbocycles. The maximum Gasteiger partial charge on any atom is 0.144 e. The van der Waals surface area contributed by atoms with Crippen LogP contribution in [0, 0.1) is 3.57 Å². The van der Waals surface area contributed by atoms with Crippen molar-refractivity contribution in [1.29, 1.82) is 0 Å². The van der Waals surface area contributed by atoms with E-state index in [0.717, 1.165) is 15.2 Å². The van der Waals surface area contributed by atoms with E-state index in [-0.39, 0.29) is 0 Å². The Hall–Kier alpha value is -0.0400. The average molecular weight is 377 g/mol. The molecule has 0 aromatic carbocycles. The largest absolute Gasteiger partial charge is 0.372 e. The second-order valence-electron chi connectivity index (χ2n) is 4.89. The van der Waals surface area contributed by atoms with Crippen LogP contribution in [0.4, 0.5) is 5.82 Å². The Morgan fingerprint density at radius 2 is 2.11 bits per heavy atom. The second-order valence-corrected chi connectivity index (χ2v) is 7.28. The predicted octanol–water partition coefficient (Wildman–Crippen LogP) is 4.20. The number of aromatic nitrogens is 2. The van der Waals surface area contributed by atoms with Gasteiger partial charge >= 0.3 is 0 Å². The molecule has 2 rings (SSSR count). The third-order valence-electron chi connectivity index (χ3n) is 3.15. The lowest BCUT2D eigenvalue weighted by atomic mass is 10.1. The number of rotatable bonds is 3. The lowest BCUT2D eigenvalue weighted by Gasteiger charge is -2.22. The molecule has 0 spiro atoms. The molecule has 2 heterocycles. The maximum absolute atomic E-state index is 4.82. The van der Waals surface area contributed by atoms with E-state index in [2.05, 4.69) is 41.8 Å². The maximum atomic E-state index is 4.82. The first-order valence-electron chi connectivity index (χ1n) is 6.50. The monoisotopic (exact) mass is 377 g/mol. The Morgan fingerprint density at radius 1 is 1.33 bits per heavy atom. The van der Waals surface area contributed by atoms with Crippen LogP contribution in [0.25, 0.3) is 0 Å². The summed E-state index contributed by atoms with van der Waals surface area (Å²) < 4.78 is 1.16. The fraction of sp³-hybridized carbons (Fsp3) is 0.692. The number of halogens is 1. The van der Waals surface area contributed by atoms with Gasteiger partial charge in [0.05, 0.1) is 14.5 Å². The Bertz CT molecular complexity index is 417. The van der Waals surface area contributed by atoms with E-state index in [0.29, 0.717) is 11.2 Å². The molecule has 1 fully saturated rings. The van der Waals surface area contributed by atoms with Gasteiger partial charge in [-0.1, -0.05) is 20.3 Å². The highest BCUT2D eigenvalue weighted by Crippen LogP contribution is 2.38. The Kier molecular flexibility index (Phi) is 5.12. The van der Waals surface area contributed by atoms with Crippen molar-refractivity contribution >= 4 is 40.2 Å². The van der Waals surface area contributed by atoms with E-state index in [1.54, 1.807) is 0 Å². The van der Waals surface area contributed by atoms with Crippen LogP contribution in [0.5, 0.6) is 0 Å². The van der Waals surface area contributed by atoms with Gasteiger partial charge in [0.2, 0.25) is 0 Å². The third-order valence-corrected chi connectivity index (χ3v) is 5.58. The Balaban J connectivity index is 2.37. The normalized spacial score (nSPS) is 20.2. The predicted molar refractivity (Wildman–Crippen MR) is 87.4 cm³/mol. The lowest BCUT2D eigenvalue weighted by molar-refractivity contribution is 0.653. The Morgan fingerprint density at radius 3 is 2.67 bits per heavy atom. The van der Waals surface area contributed by atoms with E-state index in [9.17, 15) is 0 Å². The van der Waals surface area contributed by atoms with Crippen molar-refractivity contribution in [1.82, 2.24) is 9.97 Å². The van der Waals surface area contributed by atoms with Crippen molar-refractivity contribution in [3.8, 4) is 0 Å². The quantitative estimate of drug-likeness (QED) is 0.801. The second kappa shape index (κ2) is 6.41. The van der Waals surface area contributed by atoms with E-state index in [4.69, 9.17) is 9.97 Å². The van der Waals surface area contributed by atoms with Crippen LogP contribution in [0.3, 0.4) is 0 Å². The first-order chi connectivity index (χ1) is 8.63. The van der Waals surface area contributed by atoms with Crippen LogP contribution < -0.4 is 5.32 Å². The summed E-state index contributed by atoms with van der Waals surface area (Å²) in [5.74, 6) is 3.69. The number of thioether (sulfide) groups is 1. The fourth-order valence-electron chi connectivity index (χ4n) is 2.12. The zero-order valence-electron chi connectivity index (χ0n) is 11.2. The lowest BCUT2D eigenvalue weighted by Crippen LogP contribution is -2.12. The average Bonchev–Trinajstić information content (AvgIpc) is 2.39. The molecule has 18 heavy (non-hydrogen) atoms. The summed E-state index contributed by atoms with van der Waals surface area (Å²) in [6.45, 7) is 4.39. The summed E-state index contributed by atoms with van der Waals surface area (Å²) in [6.07, 6.45) is 3.85. The zero-order valence-corrected chi connectivity index (χ0v) is 14.1. The molecule has 1 atom stereocenters. The number of nitrogens with zero attached hydrogens (tertiary/aromatic N) is 2. The van der Waals surface area contributed by atoms with Gasteiger partial charge in [0.1, 0.15) is 11.6 Å². The highest BCUT2D eigenvalue weighted by Gasteiger charge is 2.22. The van der Waals surface area contributed by atoms with Crippen molar-refractivity contribution in [3.63, 3.8) is 0 Å². The van der Waals surface area contributed by atoms with Gasteiger partial charge in [-0.15, -0.1) is 0 Å². The Labute approximate surface area is 127 Å². The number of nitrogens with one attached hydrogen (secondary N) is 1. The van der Waals surface area contributed by atoms with Crippen LogP contribution in [-0.2, 0) is 0 Å². The SMILES string of the molecule is CNc1nc(C2CCCCS2)nc(C(C)C)c1I. The van der Waals surface area contributed by atoms with Gasteiger partial charge in [-0.3, -0.25) is 0 Å². The van der Waals surface area contributed by atoms with Crippen LogP contribution in [0.1, 0.15) is 55.8 Å². The van der Waals surface area contributed by atoms with Crippen LogP contribution in [0.2, 0.25) is 0 Å². The molecule has 0 amide bonds. The van der Waals surface area contributed by atoms with Gasteiger partial charge in [0.15, 0.2) is 0 Å². The van der Waals surface area contributed by atoms with Crippen LogP contribution >= 0.6 is 34.4 Å². The van der Waals surface area contributed by atoms with E-state index < -0.39 is 0 Å². The minimum absolute atomic E-state index is 0.444. The minimum atomic E-state index is 0.444. The molecule has 3 nitrogen and oxygen atoms in total. The molecule has 1 unspecified atom stereocenters. The first-order valence-corrected chi connectivity index (χ1v) is 8.63. The summed E-state index contributed by atoms with van der Waals surface area (Å²) in [6, 6.07) is 0. The molecule has 1 aromatic heterocycles.